The zero-order chi connectivity index (χ0) is 32.9. The first-order valence-electron chi connectivity index (χ1n) is 18.1. The van der Waals surface area contributed by atoms with Crippen LogP contribution in [-0.4, -0.2) is 38.3 Å². The van der Waals surface area contributed by atoms with Crippen molar-refractivity contribution in [2.45, 2.75) is 107 Å². The number of phosphoric ester groups is 1. The minimum absolute atomic E-state index is 0.138. The summed E-state index contributed by atoms with van der Waals surface area (Å²) in [7, 11) is -3.55. The Morgan fingerprint density at radius 3 is 1.45 bits per heavy atom. The Kier molecular flexibility index (Phi) is 17.7. The van der Waals surface area contributed by atoms with Gasteiger partial charge in [-0.3, -0.25) is 13.6 Å². The molecule has 0 N–H and O–H groups in total. The van der Waals surface area contributed by atoms with E-state index in [4.69, 9.17) is 18.3 Å². The molecule has 0 radical (unpaired) electrons. The van der Waals surface area contributed by atoms with E-state index in [0.29, 0.717) is 13.2 Å². The number of hydrogen-bond acceptors (Lipinski definition) is 6. The van der Waals surface area contributed by atoms with Gasteiger partial charge in [-0.2, -0.15) is 0 Å². The minimum Gasteiger partial charge on any atom is -0.380 e. The third-order valence-electron chi connectivity index (χ3n) is 8.83. The molecule has 0 bridgehead atoms. The molecule has 7 heteroatoms. The summed E-state index contributed by atoms with van der Waals surface area (Å²) in [5.74, 6) is 0. The SMILES string of the molecule is CCCCCCCCCCCCCCCCOC[C@@H](COP1(=O)OCCO1)SC(c1ccccc1)(c1ccccc1)c1ccccc1. The van der Waals surface area contributed by atoms with Crippen LogP contribution in [0, 0.1) is 0 Å². The standard InChI is InChI=1S/C40H57O5PS/c1-2-3-4-5-6-7-8-9-10-11-12-13-14-24-31-42-34-39(35-45-46(41)43-32-33-44-46)47-40(36-25-18-15-19-26-36,37-27-20-16-21-28-37)38-29-22-17-23-30-38/h15-23,25-30,39H,2-14,24,31-35H2,1H3/t39-/m0/s1. The van der Waals surface area contributed by atoms with Crippen molar-refractivity contribution in [1.29, 1.82) is 0 Å². The van der Waals surface area contributed by atoms with Gasteiger partial charge in [-0.15, -0.1) is 11.8 Å². The fourth-order valence-electron chi connectivity index (χ4n) is 6.29. The number of ether oxygens (including phenoxy) is 1. The average molecular weight is 681 g/mol. The van der Waals surface area contributed by atoms with Crippen LogP contribution in [0.15, 0.2) is 91.0 Å². The van der Waals surface area contributed by atoms with Crippen LogP contribution in [0.1, 0.15) is 114 Å². The van der Waals surface area contributed by atoms with Crippen molar-refractivity contribution in [2.24, 2.45) is 0 Å². The maximum atomic E-state index is 13.0. The summed E-state index contributed by atoms with van der Waals surface area (Å²) in [6.45, 7) is 4.21. The fraction of sp³-hybridized carbons (Fsp3) is 0.550. The molecule has 0 spiro atoms. The summed E-state index contributed by atoms with van der Waals surface area (Å²) in [6, 6.07) is 31.8. The highest BCUT2D eigenvalue weighted by Gasteiger charge is 2.41. The van der Waals surface area contributed by atoms with Crippen LogP contribution >= 0.6 is 19.6 Å². The van der Waals surface area contributed by atoms with Gasteiger partial charge < -0.3 is 4.74 Å². The number of unbranched alkanes of at least 4 members (excludes halogenated alkanes) is 13. The molecule has 258 valence electrons. The van der Waals surface area contributed by atoms with Gasteiger partial charge in [0.2, 0.25) is 0 Å². The van der Waals surface area contributed by atoms with Crippen LogP contribution in [-0.2, 0) is 27.6 Å². The lowest BCUT2D eigenvalue weighted by molar-refractivity contribution is 0.112. The van der Waals surface area contributed by atoms with Gasteiger partial charge >= 0.3 is 7.82 Å². The number of benzene rings is 3. The maximum Gasteiger partial charge on any atom is 0.474 e. The Morgan fingerprint density at radius 2 is 1.02 bits per heavy atom. The van der Waals surface area contributed by atoms with Gasteiger partial charge in [-0.25, -0.2) is 4.57 Å². The van der Waals surface area contributed by atoms with Crippen molar-refractivity contribution in [3.05, 3.63) is 108 Å². The van der Waals surface area contributed by atoms with Crippen molar-refractivity contribution >= 4 is 19.6 Å². The molecule has 3 aromatic carbocycles. The van der Waals surface area contributed by atoms with Gasteiger partial charge in [0.05, 0.1) is 36.4 Å². The molecule has 1 aliphatic heterocycles. The van der Waals surface area contributed by atoms with E-state index in [1.165, 1.54) is 100 Å². The molecule has 4 rings (SSSR count). The van der Waals surface area contributed by atoms with Crippen LogP contribution in [0.25, 0.3) is 0 Å². The predicted molar refractivity (Wildman–Crippen MR) is 197 cm³/mol. The fourth-order valence-corrected chi connectivity index (χ4v) is 9.19. The molecule has 1 saturated heterocycles. The predicted octanol–water partition coefficient (Wildman–Crippen LogP) is 11.7. The molecule has 1 heterocycles. The zero-order valence-corrected chi connectivity index (χ0v) is 30.3. The summed E-state index contributed by atoms with van der Waals surface area (Å²) >= 11 is 1.78. The van der Waals surface area contributed by atoms with E-state index >= 15 is 0 Å². The molecule has 0 amide bonds. The first-order valence-corrected chi connectivity index (χ1v) is 20.5. The second-order valence-electron chi connectivity index (χ2n) is 12.6. The number of thioether (sulfide) groups is 1. The third kappa shape index (κ3) is 12.8. The molecule has 3 aromatic rings. The van der Waals surface area contributed by atoms with Crippen LogP contribution in [0.2, 0.25) is 0 Å². The summed E-state index contributed by atoms with van der Waals surface area (Å²) < 4.78 is 35.4. The topological polar surface area (TPSA) is 54.0 Å². The number of phosphoric acid groups is 1. The van der Waals surface area contributed by atoms with Crippen molar-refractivity contribution in [3.63, 3.8) is 0 Å². The summed E-state index contributed by atoms with van der Waals surface area (Å²) in [5, 5.41) is -0.138. The summed E-state index contributed by atoms with van der Waals surface area (Å²) in [4.78, 5) is 0. The van der Waals surface area contributed by atoms with Crippen LogP contribution in [0.5, 0.6) is 0 Å². The third-order valence-corrected chi connectivity index (χ3v) is 12.0. The highest BCUT2D eigenvalue weighted by atomic mass is 32.2. The summed E-state index contributed by atoms with van der Waals surface area (Å²) in [5.41, 5.74) is 3.50. The zero-order valence-electron chi connectivity index (χ0n) is 28.6. The van der Waals surface area contributed by atoms with E-state index in [1.807, 2.05) is 0 Å². The molecule has 0 saturated carbocycles. The van der Waals surface area contributed by atoms with E-state index in [2.05, 4.69) is 97.9 Å². The largest absolute Gasteiger partial charge is 0.474 e. The molecular weight excluding hydrogens is 623 g/mol. The molecule has 47 heavy (non-hydrogen) atoms. The molecular formula is C40H57O5PS. The lowest BCUT2D eigenvalue weighted by Gasteiger charge is -2.38. The first-order chi connectivity index (χ1) is 23.2. The Bertz CT molecular complexity index is 1150. The quantitative estimate of drug-likeness (QED) is 0.0504. The highest BCUT2D eigenvalue weighted by Crippen LogP contribution is 2.55. The number of hydrogen-bond donors (Lipinski definition) is 0. The Morgan fingerprint density at radius 1 is 0.617 bits per heavy atom. The second-order valence-corrected chi connectivity index (χ2v) is 15.8. The molecule has 0 unspecified atom stereocenters. The number of rotatable bonds is 25. The molecule has 1 fully saturated rings. The molecule has 1 aliphatic rings. The monoisotopic (exact) mass is 680 g/mol. The maximum absolute atomic E-state index is 13.0. The van der Waals surface area contributed by atoms with Crippen LogP contribution in [0.4, 0.5) is 0 Å². The van der Waals surface area contributed by atoms with Gasteiger partial charge in [-0.1, -0.05) is 181 Å². The first kappa shape index (κ1) is 37.9. The van der Waals surface area contributed by atoms with E-state index in [9.17, 15) is 4.57 Å². The smallest absolute Gasteiger partial charge is 0.380 e. The van der Waals surface area contributed by atoms with Gasteiger partial charge in [0.25, 0.3) is 0 Å². The van der Waals surface area contributed by atoms with Crippen LogP contribution < -0.4 is 0 Å². The lowest BCUT2D eigenvalue weighted by atomic mass is 9.84. The molecule has 0 aliphatic carbocycles. The van der Waals surface area contributed by atoms with Crippen molar-refractivity contribution in [3.8, 4) is 0 Å². The lowest BCUT2D eigenvalue weighted by Crippen LogP contribution is -2.32. The van der Waals surface area contributed by atoms with Gasteiger partial charge in [0, 0.05) is 6.61 Å². The van der Waals surface area contributed by atoms with E-state index < -0.39 is 12.6 Å². The van der Waals surface area contributed by atoms with Crippen molar-refractivity contribution in [2.75, 3.05) is 33.0 Å². The minimum atomic E-state index is -3.55. The molecule has 1 atom stereocenters. The van der Waals surface area contributed by atoms with E-state index in [-0.39, 0.29) is 25.1 Å². The van der Waals surface area contributed by atoms with E-state index in [0.717, 1.165) is 6.42 Å². The van der Waals surface area contributed by atoms with Crippen molar-refractivity contribution in [1.82, 2.24) is 0 Å². The van der Waals surface area contributed by atoms with E-state index in [1.54, 1.807) is 11.8 Å². The van der Waals surface area contributed by atoms with Crippen LogP contribution in [0.3, 0.4) is 0 Å². The summed E-state index contributed by atoms with van der Waals surface area (Å²) in [6.07, 6.45) is 18.7. The Hall–Kier alpha value is -1.92. The van der Waals surface area contributed by atoms with Crippen molar-refractivity contribution < 1.29 is 22.9 Å². The normalized spacial score (nSPS) is 15.2. The molecule has 5 nitrogen and oxygen atoms in total. The average Bonchev–Trinajstić information content (AvgIpc) is 3.56. The van der Waals surface area contributed by atoms with Gasteiger partial charge in [-0.05, 0) is 23.1 Å². The van der Waals surface area contributed by atoms with Gasteiger partial charge in [0.1, 0.15) is 0 Å². The Balaban J connectivity index is 1.32. The molecule has 0 aromatic heterocycles. The highest BCUT2D eigenvalue weighted by molar-refractivity contribution is 8.01. The Labute approximate surface area is 289 Å². The van der Waals surface area contributed by atoms with Gasteiger partial charge in [0.15, 0.2) is 0 Å². The second kappa shape index (κ2) is 21.9.